The molecule has 0 aliphatic heterocycles. The van der Waals surface area contributed by atoms with Crippen molar-refractivity contribution in [1.29, 1.82) is 0 Å². The van der Waals surface area contributed by atoms with Crippen molar-refractivity contribution in [3.63, 3.8) is 0 Å². The highest BCUT2D eigenvalue weighted by Crippen LogP contribution is 2.20. The minimum absolute atomic E-state index is 0.145. The summed E-state index contributed by atoms with van der Waals surface area (Å²) in [7, 11) is 1.94. The van der Waals surface area contributed by atoms with Crippen LogP contribution in [0.2, 0.25) is 0 Å². The Bertz CT molecular complexity index is 508. The number of aryl methyl sites for hydroxylation is 1. The fourth-order valence-electron chi connectivity index (χ4n) is 2.12. The van der Waals surface area contributed by atoms with Crippen LogP contribution in [-0.4, -0.2) is 7.05 Å². The van der Waals surface area contributed by atoms with Gasteiger partial charge in [0.05, 0.1) is 0 Å². The van der Waals surface area contributed by atoms with Gasteiger partial charge in [0.2, 0.25) is 0 Å². The van der Waals surface area contributed by atoms with Gasteiger partial charge in [-0.05, 0) is 43.1 Å². The minimum atomic E-state index is -0.145. The van der Waals surface area contributed by atoms with Gasteiger partial charge in [-0.1, -0.05) is 42.5 Å². The van der Waals surface area contributed by atoms with Gasteiger partial charge in [0.15, 0.2) is 0 Å². The number of rotatable bonds is 4. The van der Waals surface area contributed by atoms with Crippen LogP contribution in [0.1, 0.15) is 22.7 Å². The molecule has 18 heavy (non-hydrogen) atoms. The molecule has 0 radical (unpaired) electrons. The molecule has 0 spiro atoms. The van der Waals surface area contributed by atoms with E-state index in [0.717, 1.165) is 12.0 Å². The summed E-state index contributed by atoms with van der Waals surface area (Å²) >= 11 is 0. The molecule has 2 rings (SSSR count). The van der Waals surface area contributed by atoms with Crippen LogP contribution in [0.5, 0.6) is 0 Å². The Labute approximate surface area is 108 Å². The van der Waals surface area contributed by atoms with Crippen LogP contribution >= 0.6 is 0 Å². The van der Waals surface area contributed by atoms with Crippen molar-refractivity contribution in [3.8, 4) is 0 Å². The summed E-state index contributed by atoms with van der Waals surface area (Å²) in [5.41, 5.74) is 3.10. The van der Waals surface area contributed by atoms with E-state index in [4.69, 9.17) is 0 Å². The first-order chi connectivity index (χ1) is 8.70. The Morgan fingerprint density at radius 3 is 2.44 bits per heavy atom. The van der Waals surface area contributed by atoms with Gasteiger partial charge in [0.1, 0.15) is 5.82 Å². The molecule has 0 saturated carbocycles. The van der Waals surface area contributed by atoms with Crippen molar-refractivity contribution in [3.05, 3.63) is 71.0 Å². The molecule has 0 aromatic heterocycles. The third kappa shape index (κ3) is 2.96. The van der Waals surface area contributed by atoms with E-state index in [1.165, 1.54) is 5.56 Å². The van der Waals surface area contributed by atoms with Gasteiger partial charge in [0, 0.05) is 6.04 Å². The standard InChI is InChI=1S/C16H18FN/c1-12-10-14(8-9-15(12)17)16(18-2)11-13-6-4-3-5-7-13/h3-10,16,18H,11H2,1-2H3. The van der Waals surface area contributed by atoms with Gasteiger partial charge in [-0.25, -0.2) is 4.39 Å². The number of halogens is 1. The van der Waals surface area contributed by atoms with Crippen molar-refractivity contribution >= 4 is 0 Å². The van der Waals surface area contributed by atoms with Crippen molar-refractivity contribution in [1.82, 2.24) is 5.32 Å². The van der Waals surface area contributed by atoms with Gasteiger partial charge >= 0.3 is 0 Å². The summed E-state index contributed by atoms with van der Waals surface area (Å²) in [6.07, 6.45) is 0.905. The van der Waals surface area contributed by atoms with Gasteiger partial charge in [0.25, 0.3) is 0 Å². The Hall–Kier alpha value is -1.67. The van der Waals surface area contributed by atoms with Gasteiger partial charge in [-0.15, -0.1) is 0 Å². The molecule has 94 valence electrons. The molecule has 0 amide bonds. The molecule has 1 nitrogen and oxygen atoms in total. The van der Waals surface area contributed by atoms with Crippen LogP contribution in [0, 0.1) is 12.7 Å². The topological polar surface area (TPSA) is 12.0 Å². The van der Waals surface area contributed by atoms with Crippen LogP contribution in [0.15, 0.2) is 48.5 Å². The van der Waals surface area contributed by atoms with Gasteiger partial charge in [-0.3, -0.25) is 0 Å². The zero-order valence-electron chi connectivity index (χ0n) is 10.8. The van der Waals surface area contributed by atoms with E-state index in [1.54, 1.807) is 13.0 Å². The van der Waals surface area contributed by atoms with E-state index in [-0.39, 0.29) is 11.9 Å². The monoisotopic (exact) mass is 243 g/mol. The molecule has 0 bridgehead atoms. The van der Waals surface area contributed by atoms with Crippen molar-refractivity contribution < 1.29 is 4.39 Å². The minimum Gasteiger partial charge on any atom is -0.313 e. The molecular weight excluding hydrogens is 225 g/mol. The van der Waals surface area contributed by atoms with E-state index in [9.17, 15) is 4.39 Å². The van der Waals surface area contributed by atoms with Crippen molar-refractivity contribution in [2.45, 2.75) is 19.4 Å². The molecule has 2 aromatic carbocycles. The molecule has 2 aromatic rings. The number of likely N-dealkylation sites (N-methyl/N-ethyl adjacent to an activating group) is 1. The van der Waals surface area contributed by atoms with Crippen LogP contribution in [0.3, 0.4) is 0 Å². The first kappa shape index (κ1) is 12.8. The maximum absolute atomic E-state index is 13.3. The Kier molecular flexibility index (Phi) is 4.11. The lowest BCUT2D eigenvalue weighted by atomic mass is 9.97. The van der Waals surface area contributed by atoms with E-state index in [1.807, 2.05) is 37.4 Å². The summed E-state index contributed by atoms with van der Waals surface area (Å²) in [6, 6.07) is 15.8. The molecule has 0 heterocycles. The summed E-state index contributed by atoms with van der Waals surface area (Å²) in [5, 5.41) is 3.29. The number of nitrogens with one attached hydrogen (secondary N) is 1. The normalized spacial score (nSPS) is 12.4. The largest absolute Gasteiger partial charge is 0.313 e. The highest BCUT2D eigenvalue weighted by molar-refractivity contribution is 5.28. The Balaban J connectivity index is 2.20. The third-order valence-electron chi connectivity index (χ3n) is 3.22. The number of benzene rings is 2. The fourth-order valence-corrected chi connectivity index (χ4v) is 2.12. The summed E-state index contributed by atoms with van der Waals surface area (Å²) in [5.74, 6) is -0.145. The first-order valence-electron chi connectivity index (χ1n) is 6.18. The van der Waals surface area contributed by atoms with E-state index < -0.39 is 0 Å². The Morgan fingerprint density at radius 2 is 1.83 bits per heavy atom. The van der Waals surface area contributed by atoms with Crippen LogP contribution in [0.4, 0.5) is 4.39 Å². The first-order valence-corrected chi connectivity index (χ1v) is 6.18. The molecule has 1 unspecified atom stereocenters. The van der Waals surface area contributed by atoms with Crippen LogP contribution in [0.25, 0.3) is 0 Å². The van der Waals surface area contributed by atoms with Crippen molar-refractivity contribution in [2.24, 2.45) is 0 Å². The van der Waals surface area contributed by atoms with E-state index >= 15 is 0 Å². The quantitative estimate of drug-likeness (QED) is 0.864. The smallest absolute Gasteiger partial charge is 0.126 e. The molecule has 0 aliphatic carbocycles. The fraction of sp³-hybridized carbons (Fsp3) is 0.250. The molecular formula is C16H18FN. The maximum Gasteiger partial charge on any atom is 0.126 e. The second-order valence-electron chi connectivity index (χ2n) is 4.54. The zero-order chi connectivity index (χ0) is 13.0. The predicted molar refractivity (Wildman–Crippen MR) is 73.1 cm³/mol. The highest BCUT2D eigenvalue weighted by atomic mass is 19.1. The summed E-state index contributed by atoms with van der Waals surface area (Å²) in [6.45, 7) is 1.80. The average molecular weight is 243 g/mol. The third-order valence-corrected chi connectivity index (χ3v) is 3.22. The lowest BCUT2D eigenvalue weighted by Gasteiger charge is -2.17. The van der Waals surface area contributed by atoms with E-state index in [2.05, 4.69) is 17.4 Å². The maximum atomic E-state index is 13.3. The SMILES string of the molecule is CNC(Cc1ccccc1)c1ccc(F)c(C)c1. The zero-order valence-corrected chi connectivity index (χ0v) is 10.8. The molecule has 0 saturated heterocycles. The second kappa shape index (κ2) is 5.78. The molecule has 0 aliphatic rings. The van der Waals surface area contributed by atoms with Gasteiger partial charge < -0.3 is 5.32 Å². The van der Waals surface area contributed by atoms with Crippen molar-refractivity contribution in [2.75, 3.05) is 7.05 Å². The molecule has 1 N–H and O–H groups in total. The van der Waals surface area contributed by atoms with Crippen LogP contribution in [-0.2, 0) is 6.42 Å². The van der Waals surface area contributed by atoms with Gasteiger partial charge in [-0.2, -0.15) is 0 Å². The number of hydrogen-bond donors (Lipinski definition) is 1. The predicted octanol–water partition coefficient (Wildman–Crippen LogP) is 3.64. The number of hydrogen-bond acceptors (Lipinski definition) is 1. The molecule has 0 fully saturated rings. The average Bonchev–Trinajstić information content (AvgIpc) is 2.40. The Morgan fingerprint density at radius 1 is 1.11 bits per heavy atom. The highest BCUT2D eigenvalue weighted by Gasteiger charge is 2.11. The lowest BCUT2D eigenvalue weighted by Crippen LogP contribution is -2.19. The molecule has 2 heteroatoms. The summed E-state index contributed by atoms with van der Waals surface area (Å²) in [4.78, 5) is 0. The lowest BCUT2D eigenvalue weighted by molar-refractivity contribution is 0.583. The molecule has 1 atom stereocenters. The van der Waals surface area contributed by atoms with Crippen LogP contribution < -0.4 is 5.32 Å². The van der Waals surface area contributed by atoms with E-state index in [0.29, 0.717) is 5.56 Å². The second-order valence-corrected chi connectivity index (χ2v) is 4.54. The summed E-state index contributed by atoms with van der Waals surface area (Å²) < 4.78 is 13.3.